The molecule has 1 atom stereocenters. The Balaban J connectivity index is 1.22. The summed E-state index contributed by atoms with van der Waals surface area (Å²) >= 11 is 0. The molecule has 2 amide bonds. The van der Waals surface area contributed by atoms with Crippen LogP contribution in [-0.2, 0) is 29.0 Å². The summed E-state index contributed by atoms with van der Waals surface area (Å²) in [5, 5.41) is 7.47. The Labute approximate surface area is 268 Å². The number of aryl methyl sites for hydroxylation is 1. The Morgan fingerprint density at radius 1 is 1.00 bits per heavy atom. The SMILES string of the molecule is COc1cc2c(c(OC)c1OC)-c1ccc(NCCCC(=O)N3CCc4[nH]c5ccccc5c4C3)c(=O)cc1[C@@H](NC(C)=O)CC2. The molecule has 1 aromatic heterocycles. The molecule has 0 saturated heterocycles. The third kappa shape index (κ3) is 5.87. The maximum atomic E-state index is 13.6. The molecule has 2 aliphatic rings. The summed E-state index contributed by atoms with van der Waals surface area (Å²) in [6.45, 7) is 3.23. The van der Waals surface area contributed by atoms with Crippen molar-refractivity contribution >= 4 is 28.4 Å². The number of H-pyrrole nitrogens is 1. The summed E-state index contributed by atoms with van der Waals surface area (Å²) in [6.07, 6.45) is 2.98. The number of anilines is 1. The van der Waals surface area contributed by atoms with Gasteiger partial charge in [-0.15, -0.1) is 0 Å². The topological polar surface area (TPSA) is 122 Å². The maximum Gasteiger partial charge on any atom is 0.222 e. The Bertz CT molecular complexity index is 1870. The summed E-state index contributed by atoms with van der Waals surface area (Å²) in [5.74, 6) is 1.44. The molecule has 3 aromatic carbocycles. The van der Waals surface area contributed by atoms with E-state index in [1.165, 1.54) is 23.6 Å². The lowest BCUT2D eigenvalue weighted by molar-refractivity contribution is -0.132. The molecule has 1 aliphatic carbocycles. The number of fused-ring (bicyclic) bond motifs is 6. The molecule has 0 spiro atoms. The second kappa shape index (κ2) is 13.2. The lowest BCUT2D eigenvalue weighted by Gasteiger charge is -2.27. The standard InChI is InChI=1S/C36H40N4O6/c1-21(41)38-28-13-11-22-18-32(44-2)35(45-3)36(46-4)34(22)24-12-14-30(31(42)19-25(24)28)37-16-7-10-33(43)40-17-15-29-26(20-40)23-8-5-6-9-27(23)39-29/h5-6,8-9,12,14,18-19,28,39H,7,10-11,13,15-17,20H2,1-4H3,(H,37,42)(H,38,41)/t28-/m0/s1. The number of hydrogen-bond acceptors (Lipinski definition) is 7. The van der Waals surface area contributed by atoms with E-state index in [9.17, 15) is 14.4 Å². The third-order valence-electron chi connectivity index (χ3n) is 9.03. The van der Waals surface area contributed by atoms with Crippen molar-refractivity contribution in [2.45, 2.75) is 51.6 Å². The molecule has 0 bridgehead atoms. The van der Waals surface area contributed by atoms with Gasteiger partial charge in [0.05, 0.1) is 33.1 Å². The van der Waals surface area contributed by atoms with Crippen LogP contribution >= 0.6 is 0 Å². The minimum Gasteiger partial charge on any atom is -0.493 e. The van der Waals surface area contributed by atoms with Gasteiger partial charge in [0.25, 0.3) is 0 Å². The van der Waals surface area contributed by atoms with Crippen molar-refractivity contribution in [3.8, 4) is 28.4 Å². The van der Waals surface area contributed by atoms with Gasteiger partial charge in [0.1, 0.15) is 0 Å². The van der Waals surface area contributed by atoms with Gasteiger partial charge in [0.2, 0.25) is 23.0 Å². The molecule has 1 aliphatic heterocycles. The van der Waals surface area contributed by atoms with Crippen molar-refractivity contribution in [2.24, 2.45) is 0 Å². The van der Waals surface area contributed by atoms with E-state index in [0.717, 1.165) is 28.6 Å². The predicted molar refractivity (Wildman–Crippen MR) is 178 cm³/mol. The van der Waals surface area contributed by atoms with Crippen LogP contribution in [0.4, 0.5) is 5.69 Å². The molecular weight excluding hydrogens is 584 g/mol. The molecule has 0 saturated carbocycles. The zero-order chi connectivity index (χ0) is 32.4. The fourth-order valence-corrected chi connectivity index (χ4v) is 6.85. The fourth-order valence-electron chi connectivity index (χ4n) is 6.85. The van der Waals surface area contributed by atoms with Crippen molar-refractivity contribution in [3.05, 3.63) is 81.1 Å². The molecule has 240 valence electrons. The molecular formula is C36H40N4O6. The van der Waals surface area contributed by atoms with Crippen molar-refractivity contribution in [3.63, 3.8) is 0 Å². The number of para-hydroxylation sites is 1. The van der Waals surface area contributed by atoms with Crippen LogP contribution in [0.2, 0.25) is 0 Å². The van der Waals surface area contributed by atoms with E-state index in [1.807, 2.05) is 29.2 Å². The van der Waals surface area contributed by atoms with E-state index in [-0.39, 0.29) is 23.3 Å². The van der Waals surface area contributed by atoms with Crippen LogP contribution < -0.4 is 30.3 Å². The molecule has 10 nitrogen and oxygen atoms in total. The normalized spacial score (nSPS) is 15.2. The molecule has 6 rings (SSSR count). The van der Waals surface area contributed by atoms with Gasteiger partial charge >= 0.3 is 0 Å². The average Bonchev–Trinajstić information content (AvgIpc) is 3.27. The minimum absolute atomic E-state index is 0.108. The van der Waals surface area contributed by atoms with Gasteiger partial charge in [-0.25, -0.2) is 0 Å². The number of hydrogen-bond donors (Lipinski definition) is 3. The first-order valence-electron chi connectivity index (χ1n) is 15.7. The lowest BCUT2D eigenvalue weighted by atomic mass is 9.95. The highest BCUT2D eigenvalue weighted by atomic mass is 16.5. The van der Waals surface area contributed by atoms with Gasteiger partial charge in [-0.05, 0) is 60.2 Å². The first kappa shape index (κ1) is 31.0. The zero-order valence-corrected chi connectivity index (χ0v) is 26.7. The number of methoxy groups -OCH3 is 3. The summed E-state index contributed by atoms with van der Waals surface area (Å²) in [5.41, 5.74) is 6.98. The molecule has 0 fully saturated rings. The van der Waals surface area contributed by atoms with E-state index >= 15 is 0 Å². The van der Waals surface area contributed by atoms with Crippen molar-refractivity contribution < 1.29 is 23.8 Å². The molecule has 2 heterocycles. The van der Waals surface area contributed by atoms with Crippen molar-refractivity contribution in [1.29, 1.82) is 0 Å². The number of aromatic nitrogens is 1. The van der Waals surface area contributed by atoms with Gasteiger partial charge in [0.15, 0.2) is 11.5 Å². The Morgan fingerprint density at radius 2 is 1.80 bits per heavy atom. The van der Waals surface area contributed by atoms with Gasteiger partial charge in [-0.3, -0.25) is 14.4 Å². The number of nitrogens with one attached hydrogen (secondary N) is 3. The van der Waals surface area contributed by atoms with Crippen molar-refractivity contribution in [2.75, 3.05) is 39.7 Å². The Morgan fingerprint density at radius 3 is 2.57 bits per heavy atom. The summed E-state index contributed by atoms with van der Waals surface area (Å²) < 4.78 is 17.1. The third-order valence-corrected chi connectivity index (χ3v) is 9.03. The quantitative estimate of drug-likeness (QED) is 0.221. The summed E-state index contributed by atoms with van der Waals surface area (Å²) in [6, 6.07) is 15.0. The highest BCUT2D eigenvalue weighted by Gasteiger charge is 2.29. The van der Waals surface area contributed by atoms with Crippen LogP contribution in [0, 0.1) is 0 Å². The molecule has 0 unspecified atom stereocenters. The van der Waals surface area contributed by atoms with Crippen LogP contribution in [0.5, 0.6) is 17.2 Å². The van der Waals surface area contributed by atoms with Crippen LogP contribution in [0.25, 0.3) is 22.0 Å². The number of carbonyl (C=O) groups is 2. The minimum atomic E-state index is -0.380. The summed E-state index contributed by atoms with van der Waals surface area (Å²) in [4.78, 5) is 44.4. The molecule has 46 heavy (non-hydrogen) atoms. The van der Waals surface area contributed by atoms with Crippen LogP contribution in [-0.4, -0.2) is 56.1 Å². The Kier molecular flexibility index (Phi) is 8.87. The van der Waals surface area contributed by atoms with Crippen LogP contribution in [0.3, 0.4) is 0 Å². The van der Waals surface area contributed by atoms with Gasteiger partial charge < -0.3 is 34.7 Å². The van der Waals surface area contributed by atoms with E-state index < -0.39 is 0 Å². The number of benzene rings is 2. The number of rotatable bonds is 9. The highest BCUT2D eigenvalue weighted by molar-refractivity contribution is 5.86. The van der Waals surface area contributed by atoms with E-state index in [1.54, 1.807) is 33.5 Å². The lowest BCUT2D eigenvalue weighted by Crippen LogP contribution is -2.35. The number of ether oxygens (including phenoxy) is 3. The first-order chi connectivity index (χ1) is 22.3. The number of amides is 2. The molecule has 4 aromatic rings. The number of carbonyl (C=O) groups excluding carboxylic acids is 2. The molecule has 0 radical (unpaired) electrons. The van der Waals surface area contributed by atoms with Crippen LogP contribution in [0.15, 0.2) is 53.3 Å². The van der Waals surface area contributed by atoms with Crippen LogP contribution in [0.1, 0.15) is 54.6 Å². The first-order valence-corrected chi connectivity index (χ1v) is 15.7. The van der Waals surface area contributed by atoms with E-state index in [4.69, 9.17) is 14.2 Å². The molecule has 10 heteroatoms. The fraction of sp³-hybridized carbons (Fsp3) is 0.361. The second-order valence-corrected chi connectivity index (χ2v) is 11.8. The zero-order valence-electron chi connectivity index (χ0n) is 26.7. The largest absolute Gasteiger partial charge is 0.493 e. The average molecular weight is 625 g/mol. The van der Waals surface area contributed by atoms with Crippen molar-refractivity contribution in [1.82, 2.24) is 15.2 Å². The van der Waals surface area contributed by atoms with Gasteiger partial charge in [-0.1, -0.05) is 24.3 Å². The van der Waals surface area contributed by atoms with E-state index in [0.29, 0.717) is 73.8 Å². The van der Waals surface area contributed by atoms with Gasteiger partial charge in [-0.2, -0.15) is 0 Å². The second-order valence-electron chi connectivity index (χ2n) is 11.8. The molecule has 3 N–H and O–H groups in total. The van der Waals surface area contributed by atoms with E-state index in [2.05, 4.69) is 27.8 Å². The smallest absolute Gasteiger partial charge is 0.222 e. The van der Waals surface area contributed by atoms with Gasteiger partial charge in [0, 0.05) is 67.1 Å². The highest BCUT2D eigenvalue weighted by Crippen LogP contribution is 2.50. The summed E-state index contributed by atoms with van der Waals surface area (Å²) in [7, 11) is 4.71. The number of nitrogens with zero attached hydrogens (tertiary/aromatic N) is 1. The monoisotopic (exact) mass is 624 g/mol. The maximum absolute atomic E-state index is 13.6. The predicted octanol–water partition coefficient (Wildman–Crippen LogP) is 5.12. The Hall–Kier alpha value is -4.99. The number of aromatic amines is 1.